The second-order valence-corrected chi connectivity index (χ2v) is 38.8. The molecule has 3 aliphatic carbocycles. The highest BCUT2D eigenvalue weighted by molar-refractivity contribution is 7.87. The van der Waals surface area contributed by atoms with E-state index in [2.05, 4.69) is 197 Å². The molecule has 2 fully saturated rings. The number of phenols is 3. The molecule has 0 amide bonds. The highest BCUT2D eigenvalue weighted by atomic mass is 32.2. The minimum atomic E-state index is -4.56. The molecule has 2 aromatic heterocycles. The quantitative estimate of drug-likeness (QED) is 0.113. The van der Waals surface area contributed by atoms with Crippen molar-refractivity contribution < 1.29 is 42.2 Å². The topological polar surface area (TPSA) is 165 Å². The summed E-state index contributed by atoms with van der Waals surface area (Å²) in [7, 11) is -4.56. The van der Waals surface area contributed by atoms with Gasteiger partial charge in [-0.3, -0.25) is 4.79 Å². The van der Waals surface area contributed by atoms with Crippen LogP contribution in [0.2, 0.25) is 0 Å². The number of hydrogen-bond donors (Lipinski definition) is 3. The molecule has 20 bridgehead atoms. The van der Waals surface area contributed by atoms with Crippen molar-refractivity contribution in [3.05, 3.63) is 221 Å². The van der Waals surface area contributed by atoms with Crippen LogP contribution in [-0.2, 0) is 99.1 Å². The van der Waals surface area contributed by atoms with Crippen LogP contribution in [0.1, 0.15) is 269 Å². The molecule has 536 valence electrons. The molecule has 12 heteroatoms. The monoisotopic (exact) mass is 1390 g/mol. The van der Waals surface area contributed by atoms with Crippen LogP contribution in [0.3, 0.4) is 0 Å². The number of pyridine rings is 2. The largest absolute Gasteiger partial charge is 0.507 e. The van der Waals surface area contributed by atoms with Crippen LogP contribution >= 0.6 is 0 Å². The fraction of sp³-hybridized carbons (Fsp3) is 0.456. The van der Waals surface area contributed by atoms with Gasteiger partial charge >= 0.3 is 10.1 Å². The van der Waals surface area contributed by atoms with Crippen LogP contribution < -0.4 is 13.7 Å². The van der Waals surface area contributed by atoms with Gasteiger partial charge in [-0.2, -0.15) is 8.42 Å². The number of nitrogens with zero attached hydrogens (tertiary/aromatic N) is 2. The maximum atomic E-state index is 15.6. The Hall–Kier alpha value is -8.22. The zero-order valence-corrected chi connectivity index (χ0v) is 64.9. The van der Waals surface area contributed by atoms with E-state index < -0.39 is 42.9 Å². The van der Waals surface area contributed by atoms with E-state index in [4.69, 9.17) is 23.6 Å². The van der Waals surface area contributed by atoms with Gasteiger partial charge in [0.25, 0.3) is 0 Å². The molecule has 3 N–H and O–H groups in total. The molecule has 102 heavy (non-hydrogen) atoms. The lowest BCUT2D eigenvalue weighted by Crippen LogP contribution is -2.43. The Morgan fingerprint density at radius 1 is 0.431 bits per heavy atom. The van der Waals surface area contributed by atoms with Crippen molar-refractivity contribution in [2.24, 2.45) is 16.7 Å². The minimum Gasteiger partial charge on any atom is -0.507 e. The van der Waals surface area contributed by atoms with Crippen molar-refractivity contribution in [3.63, 3.8) is 0 Å². The molecule has 2 saturated carbocycles. The molecule has 7 aromatic carbocycles. The lowest BCUT2D eigenvalue weighted by atomic mass is 9.70. The fourth-order valence-corrected chi connectivity index (χ4v) is 18.1. The lowest BCUT2D eigenvalue weighted by molar-refractivity contribution is -0.128. The van der Waals surface area contributed by atoms with Crippen LogP contribution in [-0.4, -0.2) is 45.2 Å². The van der Waals surface area contributed by atoms with E-state index in [1.54, 1.807) is 0 Å². The van der Waals surface area contributed by atoms with Gasteiger partial charge in [-0.25, -0.2) is 9.97 Å². The summed E-state index contributed by atoms with van der Waals surface area (Å²) in [6.07, 6.45) is 2.67. The van der Waals surface area contributed by atoms with E-state index >= 15 is 8.42 Å². The molecule has 13 rings (SSSR count). The van der Waals surface area contributed by atoms with E-state index in [9.17, 15) is 20.1 Å². The van der Waals surface area contributed by atoms with Gasteiger partial charge < -0.3 is 29.0 Å². The van der Waals surface area contributed by atoms with E-state index in [0.717, 1.165) is 95.0 Å². The molecule has 2 atom stereocenters. The first-order valence-corrected chi connectivity index (χ1v) is 38.4. The van der Waals surface area contributed by atoms with E-state index in [0.29, 0.717) is 69.1 Å². The smallest absolute Gasteiger partial charge is 0.310 e. The predicted molar refractivity (Wildman–Crippen MR) is 411 cm³/mol. The molecule has 0 saturated heterocycles. The number of ketones is 1. The lowest BCUT2D eigenvalue weighted by Gasteiger charge is -2.36. The Labute approximate surface area is 606 Å². The SMILES string of the molecule is CC(C)(C)c1cc2c(O)c(c1)Cc1cc(C(C)(C)C)cc3c1OCc1ccc4ccc5ccc(nc5c4n1)COc1c(cc(C(C)(C)C)cc1Cc1cc(C(C)(C)C)cc(c1O)Cc1cc(C(C)(C)C)cc(c1OS(=O)(=O)C[C@@]14CC[C@@H](CC1=O)C4(C)C)Cc1cc(C(C)(C)C)cc(c1O)C3)C2. The number of fused-ring (bicyclic) bond motifs is 10. The highest BCUT2D eigenvalue weighted by Gasteiger charge is 2.65. The number of aromatic hydroxyl groups is 3. The van der Waals surface area contributed by atoms with Gasteiger partial charge in [0.1, 0.15) is 53.5 Å². The summed E-state index contributed by atoms with van der Waals surface area (Å²) in [5.74, 6) is 1.17. The summed E-state index contributed by atoms with van der Waals surface area (Å²) >= 11 is 0. The van der Waals surface area contributed by atoms with Gasteiger partial charge in [-0.1, -0.05) is 236 Å². The highest BCUT2D eigenvalue weighted by Crippen LogP contribution is 2.64. The van der Waals surface area contributed by atoms with E-state index in [1.165, 1.54) is 0 Å². The first-order chi connectivity index (χ1) is 47.3. The molecule has 9 aromatic rings. The summed E-state index contributed by atoms with van der Waals surface area (Å²) in [6, 6.07) is 37.8. The van der Waals surface area contributed by atoms with Gasteiger partial charge in [0, 0.05) is 66.8 Å². The molecule has 4 aliphatic rings. The van der Waals surface area contributed by atoms with Crippen LogP contribution in [0, 0.1) is 16.7 Å². The average Bonchev–Trinajstić information content (AvgIpc) is 1.53. The molecule has 1 aliphatic heterocycles. The Morgan fingerprint density at radius 3 is 0.980 bits per heavy atom. The summed E-state index contributed by atoms with van der Waals surface area (Å²) in [5, 5.41) is 42.2. The second kappa shape index (κ2) is 25.0. The summed E-state index contributed by atoms with van der Waals surface area (Å²) in [4.78, 5) is 25.0. The third kappa shape index (κ3) is 13.7. The van der Waals surface area contributed by atoms with Gasteiger partial charge in [0.15, 0.2) is 0 Å². The number of ether oxygens (including phenoxy) is 2. The third-order valence-electron chi connectivity index (χ3n) is 23.1. The standard InChI is InChI=1S/C90H106N2O9S/c1-83(2,3)66-35-53-29-59-41-69(86(10,11)12)43-61-31-55-37-67(84(4,5)6)39-57(78(55)95)33-63-45-71(88(16,17)18)46-64(82(63)101-102(97,98)50-90-28-27-65(47-74(90)93)89(90,19)20)34-58-40-68(85(7,8)9)38-56(79(58)96)32-62-44-70(87(13,14)15)42-60(30-54(36-66)77(53)94)81(62)100-49-73-26-24-52-22-21-51-23-25-72(48-99-80(59)61)91-75(51)76(52)92-73/h21-26,35-46,65,94-96H,27-34,47-50H2,1-20H3/t65-,90-/m0/s1. The summed E-state index contributed by atoms with van der Waals surface area (Å²) in [5.41, 5.74) is 12.9. The molecule has 0 radical (unpaired) electrons. The molecular formula is C90H106N2O9S. The fourth-order valence-electron chi connectivity index (χ4n) is 16.3. The predicted octanol–water partition coefficient (Wildman–Crippen LogP) is 20.1. The van der Waals surface area contributed by atoms with Gasteiger partial charge in [0.05, 0.1) is 33.6 Å². The summed E-state index contributed by atoms with van der Waals surface area (Å²) in [6.45, 7) is 43.4. The summed E-state index contributed by atoms with van der Waals surface area (Å²) < 4.78 is 52.8. The maximum absolute atomic E-state index is 15.6. The van der Waals surface area contributed by atoms with Crippen molar-refractivity contribution in [1.82, 2.24) is 9.97 Å². The molecule has 0 unspecified atom stereocenters. The van der Waals surface area contributed by atoms with Crippen molar-refractivity contribution in [1.29, 1.82) is 0 Å². The van der Waals surface area contributed by atoms with Crippen molar-refractivity contribution in [2.75, 3.05) is 5.75 Å². The molecule has 3 heterocycles. The normalized spacial score (nSPS) is 18.2. The van der Waals surface area contributed by atoms with Crippen LogP contribution in [0.4, 0.5) is 0 Å². The number of carbonyl (C=O) groups is 1. The van der Waals surface area contributed by atoms with Crippen LogP contribution in [0.25, 0.3) is 21.8 Å². The first kappa shape index (κ1) is 72.1. The van der Waals surface area contributed by atoms with Crippen LogP contribution in [0.5, 0.6) is 34.5 Å². The van der Waals surface area contributed by atoms with Gasteiger partial charge in [0.2, 0.25) is 0 Å². The second-order valence-electron chi connectivity index (χ2n) is 37.2. The number of aromatic nitrogens is 2. The third-order valence-corrected chi connectivity index (χ3v) is 24.4. The average molecular weight is 1390 g/mol. The minimum absolute atomic E-state index is 0.0331. The molecule has 11 nitrogen and oxygen atoms in total. The van der Waals surface area contributed by atoms with Gasteiger partial charge in [-0.05, 0) is 158 Å². The number of rotatable bonds is 4. The zero-order chi connectivity index (χ0) is 73.7. The zero-order valence-electron chi connectivity index (χ0n) is 64.0. The van der Waals surface area contributed by atoms with Gasteiger partial charge in [-0.15, -0.1) is 0 Å². The Bertz CT molecular complexity index is 4780. The van der Waals surface area contributed by atoms with Crippen molar-refractivity contribution in [3.8, 4) is 34.5 Å². The van der Waals surface area contributed by atoms with E-state index in [-0.39, 0.29) is 103 Å². The number of phenolic OH excluding ortho intramolecular Hbond substituents is 3. The number of hydrogen-bond acceptors (Lipinski definition) is 11. The van der Waals surface area contributed by atoms with Crippen molar-refractivity contribution >= 4 is 37.7 Å². The maximum Gasteiger partial charge on any atom is 0.310 e. The molecular weight excluding hydrogens is 1290 g/mol. The van der Waals surface area contributed by atoms with Crippen LogP contribution in [0.15, 0.2) is 109 Å². The Kier molecular flexibility index (Phi) is 17.7. The first-order valence-electron chi connectivity index (χ1n) is 36.8. The van der Waals surface area contributed by atoms with Crippen molar-refractivity contribution in [2.45, 2.75) is 242 Å². The Morgan fingerprint density at radius 2 is 0.706 bits per heavy atom. The Balaban J connectivity index is 1.15. The number of benzene rings is 7. The number of Topliss-reactive ketones (excluding diaryl/α,β-unsaturated/α-hetero) is 1. The number of carbonyl (C=O) groups excluding carboxylic acids is 1. The van der Waals surface area contributed by atoms with E-state index in [1.807, 2.05) is 50.2 Å². The molecule has 0 spiro atoms.